The van der Waals surface area contributed by atoms with E-state index in [4.69, 9.17) is 4.74 Å². The van der Waals surface area contributed by atoms with E-state index in [1.165, 1.54) is 5.57 Å². The first-order valence-corrected chi connectivity index (χ1v) is 14.4. The van der Waals surface area contributed by atoms with Crippen molar-refractivity contribution in [2.24, 2.45) is 45.3 Å². The summed E-state index contributed by atoms with van der Waals surface area (Å²) in [5, 5.41) is 33.3. The van der Waals surface area contributed by atoms with Crippen LogP contribution in [0.15, 0.2) is 11.6 Å². The fourth-order valence-electron chi connectivity index (χ4n) is 10.9. The largest absolute Gasteiger partial charge is 0.393 e. The van der Waals surface area contributed by atoms with Crippen molar-refractivity contribution < 1.29 is 24.9 Å². The highest BCUT2D eigenvalue weighted by atomic mass is 16.5. The predicted octanol–water partition coefficient (Wildman–Crippen LogP) is 5.06. The van der Waals surface area contributed by atoms with E-state index in [1.807, 2.05) is 6.08 Å². The van der Waals surface area contributed by atoms with Crippen LogP contribution in [0.1, 0.15) is 101 Å². The van der Waals surface area contributed by atoms with Gasteiger partial charge in [0.05, 0.1) is 29.5 Å². The Balaban J connectivity index is 1.60. The number of aliphatic hydroxyl groups excluding tert-OH is 2. The maximum atomic E-state index is 14.4. The van der Waals surface area contributed by atoms with Gasteiger partial charge in [-0.05, 0) is 99.4 Å². The molecule has 2 unspecified atom stereocenters. The minimum absolute atomic E-state index is 0.131. The number of fused-ring (bicyclic) bond motifs is 5. The van der Waals surface area contributed by atoms with E-state index in [9.17, 15) is 20.1 Å². The van der Waals surface area contributed by atoms with Gasteiger partial charge in [0.15, 0.2) is 5.78 Å². The molecule has 0 aromatic heterocycles. The molecule has 5 aliphatic rings. The van der Waals surface area contributed by atoms with Crippen LogP contribution in [0.5, 0.6) is 0 Å². The maximum absolute atomic E-state index is 14.4. The number of carbonyl (C=O) groups is 1. The molecular weight excluding hydrogens is 452 g/mol. The van der Waals surface area contributed by atoms with Crippen molar-refractivity contribution in [3.8, 4) is 0 Å². The zero-order valence-corrected chi connectivity index (χ0v) is 24.0. The molecule has 0 spiro atoms. The third-order valence-corrected chi connectivity index (χ3v) is 12.6. The summed E-state index contributed by atoms with van der Waals surface area (Å²) < 4.78 is 6.57. The average molecular weight is 503 g/mol. The van der Waals surface area contributed by atoms with E-state index >= 15 is 0 Å². The molecule has 4 aliphatic carbocycles. The normalized spacial score (nSPS) is 54.5. The van der Waals surface area contributed by atoms with Gasteiger partial charge in [0, 0.05) is 11.3 Å². The molecule has 5 heteroatoms. The second kappa shape index (κ2) is 7.67. The lowest BCUT2D eigenvalue weighted by atomic mass is 9.39. The number of ether oxygens (including phenoxy) is 1. The summed E-state index contributed by atoms with van der Waals surface area (Å²) in [6, 6.07) is 0. The first kappa shape index (κ1) is 26.8. The summed E-state index contributed by atoms with van der Waals surface area (Å²) >= 11 is 0. The molecular formula is C31H50O5. The van der Waals surface area contributed by atoms with Crippen LogP contribution in [0.3, 0.4) is 0 Å². The van der Waals surface area contributed by atoms with Crippen LogP contribution in [0, 0.1) is 45.3 Å². The number of allylic oxidation sites excluding steroid dienone is 2. The Kier molecular flexibility index (Phi) is 5.72. The molecule has 1 saturated heterocycles. The van der Waals surface area contributed by atoms with Crippen molar-refractivity contribution >= 4 is 5.78 Å². The second-order valence-electron chi connectivity index (χ2n) is 15.5. The summed E-state index contributed by atoms with van der Waals surface area (Å²) in [4.78, 5) is 14.4. The van der Waals surface area contributed by atoms with Crippen molar-refractivity contribution in [1.29, 1.82) is 0 Å². The molecule has 11 atom stereocenters. The minimum atomic E-state index is -0.962. The molecule has 0 bridgehead atoms. The lowest BCUT2D eigenvalue weighted by Gasteiger charge is -2.65. The summed E-state index contributed by atoms with van der Waals surface area (Å²) in [6.07, 6.45) is 5.40. The van der Waals surface area contributed by atoms with Crippen LogP contribution in [-0.4, -0.2) is 50.6 Å². The zero-order valence-electron chi connectivity index (χ0n) is 24.0. The number of aliphatic hydroxyl groups is 3. The molecule has 1 aliphatic heterocycles. The van der Waals surface area contributed by atoms with Gasteiger partial charge in [-0.1, -0.05) is 47.1 Å². The van der Waals surface area contributed by atoms with Crippen LogP contribution in [-0.2, 0) is 9.53 Å². The molecule has 0 radical (unpaired) electrons. The standard InChI is InChI=1S/C31H50O5/c1-17-14-19-18(28(6)12-10-21(33)26(2,3)24(17)28)15-22(34)31(9)25(20(32)16-29(19,31)7)30(8)13-11-23(36-30)27(4,5)35/h15,17,19-21,23-25,32-33,35H,10-14,16H2,1-9H3/t17-,19?,20-,21-,23-,24?,25+,28+,29-,30+,31+/m0/s1. The molecule has 1 heterocycles. The lowest BCUT2D eigenvalue weighted by Crippen LogP contribution is -2.62. The fourth-order valence-corrected chi connectivity index (χ4v) is 10.9. The van der Waals surface area contributed by atoms with Crippen LogP contribution in [0.4, 0.5) is 0 Å². The highest BCUT2D eigenvalue weighted by Crippen LogP contribution is 2.74. The molecule has 3 saturated carbocycles. The van der Waals surface area contributed by atoms with E-state index < -0.39 is 22.7 Å². The van der Waals surface area contributed by atoms with Gasteiger partial charge in [0.1, 0.15) is 0 Å². The van der Waals surface area contributed by atoms with E-state index in [2.05, 4.69) is 48.5 Å². The first-order chi connectivity index (χ1) is 16.3. The molecule has 5 nitrogen and oxygen atoms in total. The molecule has 3 N–H and O–H groups in total. The number of carbonyl (C=O) groups excluding carboxylic acids is 1. The van der Waals surface area contributed by atoms with Crippen LogP contribution < -0.4 is 0 Å². The lowest BCUT2D eigenvalue weighted by molar-refractivity contribution is -0.181. The van der Waals surface area contributed by atoms with Crippen molar-refractivity contribution in [2.45, 2.75) is 130 Å². The Hall–Kier alpha value is -0.750. The highest BCUT2D eigenvalue weighted by Gasteiger charge is 2.73. The Bertz CT molecular complexity index is 978. The Labute approximate surface area is 218 Å². The number of hydrogen-bond donors (Lipinski definition) is 3. The number of rotatable bonds is 2. The van der Waals surface area contributed by atoms with Gasteiger partial charge in [0.25, 0.3) is 0 Å². The van der Waals surface area contributed by atoms with Gasteiger partial charge in [-0.15, -0.1) is 0 Å². The van der Waals surface area contributed by atoms with Crippen LogP contribution >= 0.6 is 0 Å². The summed E-state index contributed by atoms with van der Waals surface area (Å²) in [5.74, 6) is 0.746. The van der Waals surface area contributed by atoms with Crippen LogP contribution in [0.2, 0.25) is 0 Å². The molecule has 36 heavy (non-hydrogen) atoms. The SMILES string of the molecule is C[C@H]1CC2C(=CC(=O)[C@]3(C)[C@@H]([C@@]4(C)CC[C@@H](C(C)(C)O)O4)[C@@H](O)C[C@@]23C)[C@@]2(C)CC[C@H](O)C(C)(C)C12. The smallest absolute Gasteiger partial charge is 0.162 e. The molecule has 5 rings (SSSR count). The summed E-state index contributed by atoms with van der Waals surface area (Å²) in [7, 11) is 0. The third-order valence-electron chi connectivity index (χ3n) is 12.6. The van der Waals surface area contributed by atoms with Gasteiger partial charge >= 0.3 is 0 Å². The molecule has 204 valence electrons. The van der Waals surface area contributed by atoms with Gasteiger partial charge in [-0.2, -0.15) is 0 Å². The molecule has 0 aromatic rings. The monoisotopic (exact) mass is 502 g/mol. The quantitative estimate of drug-likeness (QED) is 0.492. The topological polar surface area (TPSA) is 87.0 Å². The van der Waals surface area contributed by atoms with Crippen molar-refractivity contribution in [1.82, 2.24) is 0 Å². The Morgan fingerprint density at radius 2 is 1.64 bits per heavy atom. The van der Waals surface area contributed by atoms with Crippen LogP contribution in [0.25, 0.3) is 0 Å². The number of ketones is 1. The van der Waals surface area contributed by atoms with Gasteiger partial charge in [-0.25, -0.2) is 0 Å². The predicted molar refractivity (Wildman–Crippen MR) is 140 cm³/mol. The van der Waals surface area contributed by atoms with E-state index in [1.54, 1.807) is 13.8 Å². The fraction of sp³-hybridized carbons (Fsp3) is 0.903. The van der Waals surface area contributed by atoms with Crippen molar-refractivity contribution in [3.63, 3.8) is 0 Å². The highest BCUT2D eigenvalue weighted by molar-refractivity contribution is 5.98. The molecule has 0 aromatic carbocycles. The van der Waals surface area contributed by atoms with Crippen molar-refractivity contribution in [2.75, 3.05) is 0 Å². The Morgan fingerprint density at radius 1 is 1.00 bits per heavy atom. The van der Waals surface area contributed by atoms with E-state index in [0.29, 0.717) is 18.3 Å². The van der Waals surface area contributed by atoms with Gasteiger partial charge in [0.2, 0.25) is 0 Å². The second-order valence-corrected chi connectivity index (χ2v) is 15.5. The van der Waals surface area contributed by atoms with Gasteiger partial charge in [-0.3, -0.25) is 4.79 Å². The van der Waals surface area contributed by atoms with E-state index in [0.717, 1.165) is 32.1 Å². The van der Waals surface area contributed by atoms with Crippen molar-refractivity contribution in [3.05, 3.63) is 11.6 Å². The third kappa shape index (κ3) is 3.18. The van der Waals surface area contributed by atoms with E-state index in [-0.39, 0.29) is 46.1 Å². The molecule has 4 fully saturated rings. The zero-order chi connectivity index (χ0) is 26.9. The summed E-state index contributed by atoms with van der Waals surface area (Å²) in [5.41, 5.74) is -1.81. The average Bonchev–Trinajstić information content (AvgIpc) is 3.23. The van der Waals surface area contributed by atoms with Gasteiger partial charge < -0.3 is 20.1 Å². The maximum Gasteiger partial charge on any atom is 0.162 e. The first-order valence-electron chi connectivity index (χ1n) is 14.4. The summed E-state index contributed by atoms with van der Waals surface area (Å²) in [6.45, 7) is 19.1. The number of hydrogen-bond acceptors (Lipinski definition) is 5. The Morgan fingerprint density at radius 3 is 2.22 bits per heavy atom. The minimum Gasteiger partial charge on any atom is -0.393 e. The molecule has 0 amide bonds.